The molecule has 148 valence electrons. The van der Waals surface area contributed by atoms with E-state index in [1.165, 1.54) is 18.9 Å². The van der Waals surface area contributed by atoms with Crippen molar-refractivity contribution >= 4 is 35.2 Å². The van der Waals surface area contributed by atoms with Crippen LogP contribution in [0.2, 0.25) is 5.02 Å². The highest BCUT2D eigenvalue weighted by Gasteiger charge is 2.44. The van der Waals surface area contributed by atoms with E-state index in [1.54, 1.807) is 6.07 Å². The number of aryl methyl sites for hydroxylation is 1. The van der Waals surface area contributed by atoms with Gasteiger partial charge in [-0.05, 0) is 24.1 Å². The van der Waals surface area contributed by atoms with Crippen molar-refractivity contribution in [1.29, 1.82) is 5.26 Å². The van der Waals surface area contributed by atoms with E-state index in [0.29, 0.717) is 26.9 Å². The first-order chi connectivity index (χ1) is 14.0. The van der Waals surface area contributed by atoms with E-state index < -0.39 is 23.7 Å². The van der Waals surface area contributed by atoms with Crippen LogP contribution >= 0.6 is 23.4 Å². The van der Waals surface area contributed by atoms with Crippen molar-refractivity contribution in [2.75, 3.05) is 7.11 Å². The molecule has 0 radical (unpaired) electrons. The topological polar surface area (TPSA) is 79.2 Å². The normalized spacial score (nSPS) is 18.8. The summed E-state index contributed by atoms with van der Waals surface area (Å²) >= 11 is 7.53. The first-order valence-electron chi connectivity index (χ1n) is 8.92. The molecule has 3 rings (SSSR count). The van der Waals surface area contributed by atoms with Crippen LogP contribution in [0, 0.1) is 24.2 Å². The van der Waals surface area contributed by atoms with Gasteiger partial charge in [-0.2, -0.15) is 5.26 Å². The maximum Gasteiger partial charge on any atom is 0.319 e. The highest BCUT2D eigenvalue weighted by Crippen LogP contribution is 2.41. The number of carbonyl (C=O) groups excluding carboxylic acids is 2. The molecule has 1 aliphatic heterocycles. The molecule has 0 bridgehead atoms. The molecule has 29 heavy (non-hydrogen) atoms. The predicted octanol–water partition coefficient (Wildman–Crippen LogP) is 4.32. The van der Waals surface area contributed by atoms with Crippen LogP contribution in [-0.4, -0.2) is 19.0 Å². The number of hydrogen-bond donors (Lipinski definition) is 1. The number of benzene rings is 2. The van der Waals surface area contributed by atoms with E-state index in [2.05, 4.69) is 11.4 Å². The molecule has 1 amide bonds. The van der Waals surface area contributed by atoms with Crippen LogP contribution in [-0.2, 0) is 20.1 Å². The lowest BCUT2D eigenvalue weighted by atomic mass is 9.78. The van der Waals surface area contributed by atoms with Crippen molar-refractivity contribution in [3.63, 3.8) is 0 Å². The summed E-state index contributed by atoms with van der Waals surface area (Å²) in [6.45, 7) is 1.95. The Morgan fingerprint density at radius 1 is 1.24 bits per heavy atom. The summed E-state index contributed by atoms with van der Waals surface area (Å²) < 4.78 is 4.85. The third-order valence-electron chi connectivity index (χ3n) is 4.75. The van der Waals surface area contributed by atoms with Gasteiger partial charge >= 0.3 is 5.97 Å². The number of nitrogens with one attached hydrogen (secondary N) is 1. The lowest BCUT2D eigenvalue weighted by Crippen LogP contribution is -2.44. The number of nitrogens with zero attached hydrogens (tertiary/aromatic N) is 1. The van der Waals surface area contributed by atoms with E-state index >= 15 is 0 Å². The van der Waals surface area contributed by atoms with E-state index in [-0.39, 0.29) is 0 Å². The number of methoxy groups -OCH3 is 1. The molecule has 0 unspecified atom stereocenters. The van der Waals surface area contributed by atoms with Crippen molar-refractivity contribution < 1.29 is 14.3 Å². The van der Waals surface area contributed by atoms with Gasteiger partial charge in [0.1, 0.15) is 5.92 Å². The number of allylic oxidation sites excluding steroid dienone is 1. The second-order valence-corrected chi connectivity index (χ2v) is 8.01. The molecular formula is C22H19ClN2O3S. The smallest absolute Gasteiger partial charge is 0.319 e. The van der Waals surface area contributed by atoms with Crippen LogP contribution in [0.3, 0.4) is 0 Å². The number of thioether (sulfide) groups is 1. The Morgan fingerprint density at radius 3 is 2.55 bits per heavy atom. The van der Waals surface area contributed by atoms with E-state index in [1.807, 2.05) is 49.4 Å². The Hall–Kier alpha value is -2.75. The quantitative estimate of drug-likeness (QED) is 0.569. The minimum absolute atomic E-state index is 0.334. The molecule has 1 aliphatic rings. The minimum Gasteiger partial charge on any atom is -0.468 e. The zero-order valence-corrected chi connectivity index (χ0v) is 17.5. The summed E-state index contributed by atoms with van der Waals surface area (Å²) in [5, 5.41) is 13.7. The first kappa shape index (κ1) is 21.0. The van der Waals surface area contributed by atoms with Gasteiger partial charge in [0.05, 0.1) is 23.8 Å². The van der Waals surface area contributed by atoms with Crippen molar-refractivity contribution in [3.05, 3.63) is 80.8 Å². The molecule has 5 nitrogen and oxygen atoms in total. The van der Waals surface area contributed by atoms with Gasteiger partial charge in [0, 0.05) is 16.7 Å². The third-order valence-corrected chi connectivity index (χ3v) is 6.18. The molecule has 0 fully saturated rings. The molecular weight excluding hydrogens is 408 g/mol. The lowest BCUT2D eigenvalue weighted by Gasteiger charge is -2.31. The molecule has 7 heteroatoms. The average Bonchev–Trinajstić information content (AvgIpc) is 2.72. The number of ether oxygens (including phenoxy) is 1. The Kier molecular flexibility index (Phi) is 6.63. The summed E-state index contributed by atoms with van der Waals surface area (Å²) in [7, 11) is 1.24. The van der Waals surface area contributed by atoms with Gasteiger partial charge in [-0.1, -0.05) is 59.6 Å². The number of hydrogen-bond acceptors (Lipinski definition) is 5. The lowest BCUT2D eigenvalue weighted by molar-refractivity contribution is -0.150. The number of nitriles is 1. The summed E-state index contributed by atoms with van der Waals surface area (Å²) in [5.74, 6) is -2.51. The zero-order chi connectivity index (χ0) is 21.0. The van der Waals surface area contributed by atoms with Crippen LogP contribution in [0.5, 0.6) is 0 Å². The van der Waals surface area contributed by atoms with E-state index in [4.69, 9.17) is 16.3 Å². The predicted molar refractivity (Wildman–Crippen MR) is 113 cm³/mol. The fourth-order valence-electron chi connectivity index (χ4n) is 3.22. The Bertz CT molecular complexity index is 1010. The first-order valence-corrected chi connectivity index (χ1v) is 10.3. The van der Waals surface area contributed by atoms with Gasteiger partial charge in [0.2, 0.25) is 5.91 Å². The maximum absolute atomic E-state index is 12.8. The molecule has 0 saturated carbocycles. The largest absolute Gasteiger partial charge is 0.468 e. The monoisotopic (exact) mass is 426 g/mol. The van der Waals surface area contributed by atoms with Gasteiger partial charge in [-0.25, -0.2) is 0 Å². The molecule has 2 aromatic rings. The van der Waals surface area contributed by atoms with Gasteiger partial charge in [-0.3, -0.25) is 9.59 Å². The molecule has 1 N–H and O–H groups in total. The van der Waals surface area contributed by atoms with Crippen LogP contribution in [0.1, 0.15) is 22.6 Å². The van der Waals surface area contributed by atoms with Gasteiger partial charge in [-0.15, -0.1) is 11.8 Å². The van der Waals surface area contributed by atoms with Crippen LogP contribution < -0.4 is 5.32 Å². The SMILES string of the molecule is COC(=O)[C@H]1C(=O)NC(SCc2ccccc2Cl)=C(C#N)[C@H]1c1ccc(C)cc1. The standard InChI is InChI=1S/C22H19ClN2O3S/c1-13-7-9-14(10-8-13)18-16(11-24)21(25-20(26)19(18)22(27)28-2)29-12-15-5-3-4-6-17(15)23/h3-10,18-19H,12H2,1-2H3,(H,25,26)/t18-,19-/m1/s1. The van der Waals surface area contributed by atoms with Gasteiger partial charge in [0.25, 0.3) is 0 Å². The second-order valence-electron chi connectivity index (χ2n) is 6.61. The summed E-state index contributed by atoms with van der Waals surface area (Å²) in [6.07, 6.45) is 0. The number of esters is 1. The highest BCUT2D eigenvalue weighted by molar-refractivity contribution is 8.02. The highest BCUT2D eigenvalue weighted by atomic mass is 35.5. The molecule has 2 aromatic carbocycles. The van der Waals surface area contributed by atoms with Crippen molar-refractivity contribution in [3.8, 4) is 6.07 Å². The molecule has 0 saturated heterocycles. The summed E-state index contributed by atoms with van der Waals surface area (Å²) in [6, 6.07) is 17.1. The minimum atomic E-state index is -1.12. The molecule has 1 heterocycles. The fraction of sp³-hybridized carbons (Fsp3) is 0.227. The average molecular weight is 427 g/mol. The number of carbonyl (C=O) groups is 2. The number of halogens is 1. The Morgan fingerprint density at radius 2 is 1.93 bits per heavy atom. The van der Waals surface area contributed by atoms with Gasteiger partial charge in [0.15, 0.2) is 0 Å². The third kappa shape index (κ3) is 4.47. The molecule has 0 aliphatic carbocycles. The van der Waals surface area contributed by atoms with E-state index in [0.717, 1.165) is 11.1 Å². The molecule has 0 spiro atoms. The maximum atomic E-state index is 12.8. The fourth-order valence-corrected chi connectivity index (χ4v) is 4.55. The Labute approximate surface area is 178 Å². The van der Waals surface area contributed by atoms with Crippen LogP contribution in [0.4, 0.5) is 0 Å². The number of amides is 1. The van der Waals surface area contributed by atoms with Crippen molar-refractivity contribution in [1.82, 2.24) is 5.32 Å². The Balaban J connectivity index is 2.03. The summed E-state index contributed by atoms with van der Waals surface area (Å²) in [5.41, 5.74) is 2.98. The van der Waals surface area contributed by atoms with Crippen LogP contribution in [0.25, 0.3) is 0 Å². The van der Waals surface area contributed by atoms with Gasteiger partial charge < -0.3 is 10.1 Å². The second kappa shape index (κ2) is 9.17. The molecule has 2 atom stereocenters. The molecule has 0 aromatic heterocycles. The van der Waals surface area contributed by atoms with Crippen molar-refractivity contribution in [2.45, 2.75) is 18.6 Å². The number of rotatable bonds is 5. The van der Waals surface area contributed by atoms with Crippen molar-refractivity contribution in [2.24, 2.45) is 5.92 Å². The summed E-state index contributed by atoms with van der Waals surface area (Å²) in [4.78, 5) is 25.2. The van der Waals surface area contributed by atoms with Crippen LogP contribution in [0.15, 0.2) is 59.1 Å². The zero-order valence-electron chi connectivity index (χ0n) is 15.9. The van der Waals surface area contributed by atoms with E-state index in [9.17, 15) is 14.9 Å².